The number of carbonyl (C=O) groups is 1. The monoisotopic (exact) mass is 367 g/mol. The molecule has 2 nitrogen and oxygen atoms in total. The summed E-state index contributed by atoms with van der Waals surface area (Å²) in [5, 5.41) is 3.37. The van der Waals surface area contributed by atoms with Gasteiger partial charge in [0.05, 0.1) is 0 Å². The van der Waals surface area contributed by atoms with Crippen LogP contribution in [0.1, 0.15) is 65.2 Å². The van der Waals surface area contributed by atoms with Gasteiger partial charge >= 0.3 is 0 Å². The molecule has 7 atom stereocenters. The van der Waals surface area contributed by atoms with E-state index in [0.29, 0.717) is 23.0 Å². The van der Waals surface area contributed by atoms with Crippen molar-refractivity contribution in [2.75, 3.05) is 13.1 Å². The smallest absolute Gasteiger partial charge is 0.139 e. The average molecular weight is 368 g/mol. The van der Waals surface area contributed by atoms with Crippen molar-refractivity contribution >= 4 is 5.78 Å². The van der Waals surface area contributed by atoms with Gasteiger partial charge in [-0.05, 0) is 80.0 Å². The molecule has 5 aliphatic rings. The van der Waals surface area contributed by atoms with Crippen LogP contribution in [0.4, 0.5) is 0 Å². The minimum Gasteiger partial charge on any atom is -0.315 e. The van der Waals surface area contributed by atoms with E-state index in [1.54, 1.807) is 0 Å². The van der Waals surface area contributed by atoms with Gasteiger partial charge in [-0.2, -0.15) is 0 Å². The van der Waals surface area contributed by atoms with Gasteiger partial charge in [-0.25, -0.2) is 0 Å². The standard InChI is InChI=1S/C25H37NO/c1-16-12-19-20-6-7-23(27)25(20,3)11-9-21(19)24(2)10-8-17(13-22(16)24)4-5-18-14-26-15-18/h4-5,17-22,26H,1,6-15H2,2-3H3/t17-,19+,20+,21+,22?,24-,25+/m1/s1. The molecule has 27 heavy (non-hydrogen) atoms. The van der Waals surface area contributed by atoms with Crippen molar-refractivity contribution in [2.45, 2.75) is 65.2 Å². The maximum atomic E-state index is 12.6. The zero-order valence-electron chi connectivity index (χ0n) is 17.3. The third-order valence-corrected chi connectivity index (χ3v) is 9.84. The summed E-state index contributed by atoms with van der Waals surface area (Å²) in [6.07, 6.45) is 14.6. The molecule has 0 amide bonds. The Bertz CT molecular complexity index is 676. The Kier molecular flexibility index (Phi) is 4.24. The summed E-state index contributed by atoms with van der Waals surface area (Å²) in [7, 11) is 0. The Balaban J connectivity index is 1.36. The van der Waals surface area contributed by atoms with Crippen LogP contribution in [0.5, 0.6) is 0 Å². The Labute approximate surface area is 165 Å². The minimum absolute atomic E-state index is 0.0125. The lowest BCUT2D eigenvalue weighted by Gasteiger charge is -2.60. The lowest BCUT2D eigenvalue weighted by Crippen LogP contribution is -2.54. The van der Waals surface area contributed by atoms with Gasteiger partial charge in [0.15, 0.2) is 0 Å². The summed E-state index contributed by atoms with van der Waals surface area (Å²) in [5.41, 5.74) is 1.93. The fourth-order valence-electron chi connectivity index (χ4n) is 7.98. The zero-order valence-corrected chi connectivity index (χ0v) is 17.3. The molecule has 0 aromatic heterocycles. The molecule has 0 bridgehead atoms. The van der Waals surface area contributed by atoms with Crippen LogP contribution in [0, 0.1) is 46.3 Å². The van der Waals surface area contributed by atoms with Crippen molar-refractivity contribution in [3.05, 3.63) is 24.3 Å². The molecule has 4 saturated carbocycles. The normalized spacial score (nSPS) is 50.2. The van der Waals surface area contributed by atoms with Crippen LogP contribution in [0.25, 0.3) is 0 Å². The molecule has 0 aromatic carbocycles. The lowest BCUT2D eigenvalue weighted by molar-refractivity contribution is -0.135. The van der Waals surface area contributed by atoms with Crippen LogP contribution in [-0.4, -0.2) is 18.9 Å². The number of rotatable bonds is 2. The molecule has 4 aliphatic carbocycles. The molecule has 0 radical (unpaired) electrons. The molecule has 1 saturated heterocycles. The predicted molar refractivity (Wildman–Crippen MR) is 110 cm³/mol. The van der Waals surface area contributed by atoms with Crippen LogP contribution in [0.2, 0.25) is 0 Å². The molecule has 1 aliphatic heterocycles. The summed E-state index contributed by atoms with van der Waals surface area (Å²) in [6, 6.07) is 0. The van der Waals surface area contributed by atoms with E-state index < -0.39 is 0 Å². The summed E-state index contributed by atoms with van der Waals surface area (Å²) in [4.78, 5) is 12.6. The van der Waals surface area contributed by atoms with Crippen molar-refractivity contribution < 1.29 is 4.79 Å². The van der Waals surface area contributed by atoms with Gasteiger partial charge < -0.3 is 5.32 Å². The number of hydrogen-bond donors (Lipinski definition) is 1. The number of Topliss-reactive ketones (excluding diaryl/α,β-unsaturated/α-hetero) is 1. The second-order valence-electron chi connectivity index (χ2n) is 11.1. The van der Waals surface area contributed by atoms with E-state index in [1.165, 1.54) is 50.8 Å². The van der Waals surface area contributed by atoms with Crippen LogP contribution < -0.4 is 5.32 Å². The molecule has 1 unspecified atom stereocenters. The van der Waals surface area contributed by atoms with E-state index in [0.717, 1.165) is 42.9 Å². The van der Waals surface area contributed by atoms with Crippen LogP contribution in [0.15, 0.2) is 24.3 Å². The number of allylic oxidation sites excluding steroid dienone is 2. The number of ketones is 1. The van der Waals surface area contributed by atoms with Gasteiger partial charge in [-0.1, -0.05) is 38.2 Å². The van der Waals surface area contributed by atoms with E-state index in [1.807, 2.05) is 0 Å². The van der Waals surface area contributed by atoms with E-state index in [2.05, 4.69) is 37.9 Å². The van der Waals surface area contributed by atoms with Gasteiger partial charge in [-0.3, -0.25) is 4.79 Å². The number of carbonyl (C=O) groups excluding carboxylic acids is 1. The lowest BCUT2D eigenvalue weighted by atomic mass is 9.44. The molecule has 5 fully saturated rings. The Morgan fingerprint density at radius 3 is 2.56 bits per heavy atom. The summed E-state index contributed by atoms with van der Waals surface area (Å²) < 4.78 is 0. The molecule has 2 heteroatoms. The quantitative estimate of drug-likeness (QED) is 0.683. The molecule has 0 aromatic rings. The van der Waals surface area contributed by atoms with E-state index in [9.17, 15) is 4.79 Å². The van der Waals surface area contributed by atoms with Crippen molar-refractivity contribution in [2.24, 2.45) is 46.3 Å². The first-order chi connectivity index (χ1) is 12.9. The topological polar surface area (TPSA) is 29.1 Å². The third kappa shape index (κ3) is 2.65. The highest BCUT2D eigenvalue weighted by Crippen LogP contribution is 2.66. The second kappa shape index (κ2) is 6.31. The fourth-order valence-corrected chi connectivity index (χ4v) is 7.98. The fraction of sp³-hybridized carbons (Fsp3) is 0.800. The van der Waals surface area contributed by atoms with Gasteiger partial charge in [0.2, 0.25) is 0 Å². The van der Waals surface area contributed by atoms with Gasteiger partial charge in [0.1, 0.15) is 5.78 Å². The molecular weight excluding hydrogens is 330 g/mol. The summed E-state index contributed by atoms with van der Waals surface area (Å²) >= 11 is 0. The van der Waals surface area contributed by atoms with Crippen molar-refractivity contribution in [1.29, 1.82) is 0 Å². The van der Waals surface area contributed by atoms with Crippen LogP contribution >= 0.6 is 0 Å². The van der Waals surface area contributed by atoms with E-state index in [-0.39, 0.29) is 5.41 Å². The molecule has 1 N–H and O–H groups in total. The Morgan fingerprint density at radius 2 is 1.81 bits per heavy atom. The van der Waals surface area contributed by atoms with Gasteiger partial charge in [-0.15, -0.1) is 0 Å². The number of fused-ring (bicyclic) bond motifs is 5. The van der Waals surface area contributed by atoms with Crippen molar-refractivity contribution in [3.8, 4) is 0 Å². The predicted octanol–water partition coefficient (Wildman–Crippen LogP) is 5.16. The average Bonchev–Trinajstić information content (AvgIpc) is 2.90. The molecule has 0 spiro atoms. The summed E-state index contributed by atoms with van der Waals surface area (Å²) in [6.45, 7) is 11.8. The van der Waals surface area contributed by atoms with E-state index in [4.69, 9.17) is 0 Å². The molecular formula is C25H37NO. The first kappa shape index (κ1) is 18.2. The highest BCUT2D eigenvalue weighted by Gasteiger charge is 2.60. The highest BCUT2D eigenvalue weighted by molar-refractivity contribution is 5.87. The SMILES string of the molecule is C=C1C[C@@H]2[C@H](CC[C@]3(C)C(=O)CC[C@@H]23)[C@@]2(C)CC[C@@H](C=CC3CNC3)CC12. The first-order valence-corrected chi connectivity index (χ1v) is 11.5. The summed E-state index contributed by atoms with van der Waals surface area (Å²) in [5.74, 6) is 4.94. The Hall–Kier alpha value is -0.890. The maximum Gasteiger partial charge on any atom is 0.139 e. The van der Waals surface area contributed by atoms with E-state index >= 15 is 0 Å². The Morgan fingerprint density at radius 1 is 1.04 bits per heavy atom. The highest BCUT2D eigenvalue weighted by atomic mass is 16.1. The molecule has 1 heterocycles. The molecule has 148 valence electrons. The van der Waals surface area contributed by atoms with Crippen LogP contribution in [0.3, 0.4) is 0 Å². The number of hydrogen-bond acceptors (Lipinski definition) is 2. The van der Waals surface area contributed by atoms with Crippen LogP contribution in [-0.2, 0) is 4.79 Å². The second-order valence-corrected chi connectivity index (χ2v) is 11.1. The minimum atomic E-state index is -0.0125. The largest absolute Gasteiger partial charge is 0.315 e. The van der Waals surface area contributed by atoms with Gasteiger partial charge in [0.25, 0.3) is 0 Å². The third-order valence-electron chi connectivity index (χ3n) is 9.84. The van der Waals surface area contributed by atoms with Crippen molar-refractivity contribution in [1.82, 2.24) is 5.32 Å². The number of nitrogens with one attached hydrogen (secondary N) is 1. The van der Waals surface area contributed by atoms with Gasteiger partial charge in [0, 0.05) is 30.8 Å². The first-order valence-electron chi connectivity index (χ1n) is 11.5. The van der Waals surface area contributed by atoms with Crippen molar-refractivity contribution in [3.63, 3.8) is 0 Å². The zero-order chi connectivity index (χ0) is 18.8. The maximum absolute atomic E-state index is 12.6. The molecule has 5 rings (SSSR count).